The van der Waals surface area contributed by atoms with Gasteiger partial charge in [0.15, 0.2) is 5.65 Å². The molecule has 0 aliphatic rings. The lowest BCUT2D eigenvalue weighted by atomic mass is 10.2. The minimum Gasteiger partial charge on any atom is -0.508 e. The van der Waals surface area contributed by atoms with Crippen molar-refractivity contribution in [3.8, 4) is 22.9 Å². The summed E-state index contributed by atoms with van der Waals surface area (Å²) in [5.41, 5.74) is -0.770. The highest BCUT2D eigenvalue weighted by molar-refractivity contribution is 5.76. The average molecular weight is 260 g/mol. The lowest BCUT2D eigenvalue weighted by molar-refractivity contribution is 0.451. The second-order valence-electron chi connectivity index (χ2n) is 3.92. The van der Waals surface area contributed by atoms with Gasteiger partial charge >= 0.3 is 5.69 Å². The fourth-order valence-corrected chi connectivity index (χ4v) is 1.78. The van der Waals surface area contributed by atoms with E-state index in [0.717, 1.165) is 6.07 Å². The average Bonchev–Trinajstić information content (AvgIpc) is 2.72. The second kappa shape index (κ2) is 3.73. The molecular formula is C11H8N4O4. The molecule has 0 aliphatic heterocycles. The lowest BCUT2D eigenvalue weighted by Crippen LogP contribution is -2.21. The molecule has 0 unspecified atom stereocenters. The molecule has 19 heavy (non-hydrogen) atoms. The van der Waals surface area contributed by atoms with Gasteiger partial charge < -0.3 is 15.2 Å². The first kappa shape index (κ1) is 11.1. The Morgan fingerprint density at radius 1 is 1.05 bits per heavy atom. The van der Waals surface area contributed by atoms with Crippen LogP contribution in [0.15, 0.2) is 27.8 Å². The molecule has 0 radical (unpaired) electrons. The summed E-state index contributed by atoms with van der Waals surface area (Å²) < 4.78 is 0. The maximum Gasteiger partial charge on any atom is 0.327 e. The number of phenolic OH excluding ortho intramolecular Hbond substituents is 2. The van der Waals surface area contributed by atoms with Gasteiger partial charge in [0, 0.05) is 6.07 Å². The summed E-state index contributed by atoms with van der Waals surface area (Å²) in [5, 5.41) is 18.9. The SMILES string of the molecule is O=c1[nH]c(=O)c2[nH]c(-c3ccc(O)cc3O)nc2[nH]1. The molecule has 0 saturated carbocycles. The van der Waals surface area contributed by atoms with E-state index in [1.807, 2.05) is 0 Å². The highest BCUT2D eigenvalue weighted by Crippen LogP contribution is 2.30. The van der Waals surface area contributed by atoms with Crippen LogP contribution in [0.3, 0.4) is 0 Å². The van der Waals surface area contributed by atoms with Gasteiger partial charge in [-0.3, -0.25) is 14.8 Å². The van der Waals surface area contributed by atoms with Gasteiger partial charge in [0.25, 0.3) is 5.56 Å². The number of nitrogens with one attached hydrogen (secondary N) is 3. The number of nitrogens with zero attached hydrogens (tertiary/aromatic N) is 1. The monoisotopic (exact) mass is 260 g/mol. The van der Waals surface area contributed by atoms with E-state index < -0.39 is 11.2 Å². The van der Waals surface area contributed by atoms with Gasteiger partial charge in [-0.1, -0.05) is 0 Å². The van der Waals surface area contributed by atoms with Gasteiger partial charge in [-0.25, -0.2) is 9.78 Å². The number of aromatic amines is 3. The van der Waals surface area contributed by atoms with E-state index in [4.69, 9.17) is 0 Å². The molecule has 96 valence electrons. The Labute approximate surface area is 104 Å². The Morgan fingerprint density at radius 2 is 1.84 bits per heavy atom. The second-order valence-corrected chi connectivity index (χ2v) is 3.92. The molecule has 0 aliphatic carbocycles. The molecular weight excluding hydrogens is 252 g/mol. The number of fused-ring (bicyclic) bond motifs is 1. The van der Waals surface area contributed by atoms with E-state index in [-0.39, 0.29) is 28.5 Å². The van der Waals surface area contributed by atoms with Crippen molar-refractivity contribution >= 4 is 11.2 Å². The van der Waals surface area contributed by atoms with Crippen LogP contribution < -0.4 is 11.2 Å². The van der Waals surface area contributed by atoms with Crippen molar-refractivity contribution in [3.63, 3.8) is 0 Å². The normalized spacial score (nSPS) is 10.9. The Morgan fingerprint density at radius 3 is 2.58 bits per heavy atom. The third-order valence-electron chi connectivity index (χ3n) is 2.63. The molecule has 0 atom stereocenters. The highest BCUT2D eigenvalue weighted by Gasteiger charge is 2.12. The van der Waals surface area contributed by atoms with Crippen molar-refractivity contribution in [1.82, 2.24) is 19.9 Å². The fraction of sp³-hybridized carbons (Fsp3) is 0. The molecule has 8 heteroatoms. The first-order chi connectivity index (χ1) is 9.04. The molecule has 0 bridgehead atoms. The first-order valence-electron chi connectivity index (χ1n) is 5.29. The maximum atomic E-state index is 11.5. The molecule has 3 rings (SSSR count). The third-order valence-corrected chi connectivity index (χ3v) is 2.63. The molecule has 8 nitrogen and oxygen atoms in total. The van der Waals surface area contributed by atoms with Crippen LogP contribution in [0.2, 0.25) is 0 Å². The van der Waals surface area contributed by atoms with Gasteiger partial charge in [-0.2, -0.15) is 0 Å². The standard InChI is InChI=1S/C11H8N4O4/c16-4-1-2-5(6(17)3-4)8-12-7-9(13-8)14-11(19)15-10(7)18/h1-3,16-17H,(H3,12,13,14,15,18,19). The predicted octanol–water partition coefficient (Wildman–Crippen LogP) is 0.0177. The van der Waals surface area contributed by atoms with Crippen LogP contribution in [-0.4, -0.2) is 30.1 Å². The Bertz CT molecular complexity index is 890. The van der Waals surface area contributed by atoms with E-state index >= 15 is 0 Å². The van der Waals surface area contributed by atoms with Crippen LogP contribution in [0.25, 0.3) is 22.6 Å². The molecule has 3 aromatic rings. The van der Waals surface area contributed by atoms with Crippen molar-refractivity contribution in [1.29, 1.82) is 0 Å². The van der Waals surface area contributed by atoms with Crippen LogP contribution >= 0.6 is 0 Å². The van der Waals surface area contributed by atoms with Crippen molar-refractivity contribution in [2.24, 2.45) is 0 Å². The topological polar surface area (TPSA) is 135 Å². The number of aromatic nitrogens is 4. The number of imidazole rings is 1. The maximum absolute atomic E-state index is 11.5. The minimum atomic E-state index is -0.662. The van der Waals surface area contributed by atoms with Gasteiger partial charge in [-0.15, -0.1) is 0 Å². The first-order valence-corrected chi connectivity index (χ1v) is 5.29. The molecule has 5 N–H and O–H groups in total. The molecule has 0 saturated heterocycles. The lowest BCUT2D eigenvalue weighted by Gasteiger charge is -2.00. The summed E-state index contributed by atoms with van der Waals surface area (Å²) in [5.74, 6) is -0.0821. The van der Waals surface area contributed by atoms with Gasteiger partial charge in [-0.05, 0) is 12.1 Å². The van der Waals surface area contributed by atoms with E-state index in [2.05, 4.69) is 19.9 Å². The van der Waals surface area contributed by atoms with Crippen LogP contribution in [0.4, 0.5) is 0 Å². The predicted molar refractivity (Wildman–Crippen MR) is 66.1 cm³/mol. The fourth-order valence-electron chi connectivity index (χ4n) is 1.78. The van der Waals surface area contributed by atoms with E-state index in [0.29, 0.717) is 5.56 Å². The van der Waals surface area contributed by atoms with Gasteiger partial charge in [0.05, 0.1) is 5.56 Å². The summed E-state index contributed by atoms with van der Waals surface area (Å²) in [7, 11) is 0. The van der Waals surface area contributed by atoms with Crippen LogP contribution in [0, 0.1) is 0 Å². The molecule has 2 heterocycles. The van der Waals surface area contributed by atoms with Crippen molar-refractivity contribution in [3.05, 3.63) is 39.0 Å². The molecule has 1 aromatic carbocycles. The summed E-state index contributed by atoms with van der Waals surface area (Å²) in [6.45, 7) is 0. The number of benzene rings is 1. The number of H-pyrrole nitrogens is 3. The smallest absolute Gasteiger partial charge is 0.327 e. The number of phenols is 2. The molecule has 0 amide bonds. The minimum absolute atomic E-state index is 0.0937. The van der Waals surface area contributed by atoms with Crippen molar-refractivity contribution in [2.75, 3.05) is 0 Å². The number of rotatable bonds is 1. The summed E-state index contributed by atoms with van der Waals surface area (Å²) in [4.78, 5) is 33.8. The molecule has 0 spiro atoms. The van der Waals surface area contributed by atoms with Crippen LogP contribution in [0.1, 0.15) is 0 Å². The van der Waals surface area contributed by atoms with Crippen molar-refractivity contribution in [2.45, 2.75) is 0 Å². The zero-order chi connectivity index (χ0) is 13.6. The van der Waals surface area contributed by atoms with Crippen molar-refractivity contribution < 1.29 is 10.2 Å². The Hall–Kier alpha value is -3.03. The Balaban J connectivity index is 2.29. The Kier molecular flexibility index (Phi) is 2.18. The van der Waals surface area contributed by atoms with E-state index in [1.165, 1.54) is 12.1 Å². The summed E-state index contributed by atoms with van der Waals surface area (Å²) >= 11 is 0. The summed E-state index contributed by atoms with van der Waals surface area (Å²) in [6.07, 6.45) is 0. The zero-order valence-electron chi connectivity index (χ0n) is 9.39. The largest absolute Gasteiger partial charge is 0.508 e. The van der Waals surface area contributed by atoms with Crippen LogP contribution in [0.5, 0.6) is 11.5 Å². The van der Waals surface area contributed by atoms with E-state index in [9.17, 15) is 19.8 Å². The quantitative estimate of drug-likeness (QED) is 0.420. The zero-order valence-corrected chi connectivity index (χ0v) is 9.39. The molecule has 2 aromatic heterocycles. The van der Waals surface area contributed by atoms with E-state index in [1.54, 1.807) is 0 Å². The van der Waals surface area contributed by atoms with Gasteiger partial charge in [0.1, 0.15) is 22.8 Å². The van der Waals surface area contributed by atoms with Gasteiger partial charge in [0.2, 0.25) is 0 Å². The number of hydrogen-bond acceptors (Lipinski definition) is 5. The molecule has 0 fully saturated rings. The summed E-state index contributed by atoms with van der Waals surface area (Å²) in [6, 6.07) is 3.96. The van der Waals surface area contributed by atoms with Crippen LogP contribution in [-0.2, 0) is 0 Å². The highest BCUT2D eigenvalue weighted by atomic mass is 16.3. The third kappa shape index (κ3) is 1.75. The number of hydrogen-bond donors (Lipinski definition) is 5. The number of aromatic hydroxyl groups is 2.